The lowest BCUT2D eigenvalue weighted by Crippen LogP contribution is -2.32. The maximum atomic E-state index is 12.4. The van der Waals surface area contributed by atoms with Crippen molar-refractivity contribution in [2.24, 2.45) is 5.73 Å². The van der Waals surface area contributed by atoms with Crippen molar-refractivity contribution in [2.75, 3.05) is 13.1 Å². The number of sulfonamides is 1. The van der Waals surface area contributed by atoms with Crippen LogP contribution in [0.2, 0.25) is 5.02 Å². The Labute approximate surface area is 123 Å². The second-order valence-corrected chi connectivity index (χ2v) is 6.45. The van der Waals surface area contributed by atoms with Crippen molar-refractivity contribution >= 4 is 34.0 Å². The predicted molar refractivity (Wildman–Crippen MR) is 74.8 cm³/mol. The van der Waals surface area contributed by atoms with E-state index >= 15 is 0 Å². The van der Waals surface area contributed by atoms with E-state index in [1.807, 2.05) is 6.07 Å². The van der Waals surface area contributed by atoms with Crippen LogP contribution in [0.5, 0.6) is 0 Å². The molecule has 0 radical (unpaired) electrons. The van der Waals surface area contributed by atoms with Gasteiger partial charge in [-0.15, -0.1) is 12.4 Å². The summed E-state index contributed by atoms with van der Waals surface area (Å²) in [5.41, 5.74) is 5.69. The smallest absolute Gasteiger partial charge is 0.244 e. The van der Waals surface area contributed by atoms with Crippen LogP contribution in [0.25, 0.3) is 0 Å². The van der Waals surface area contributed by atoms with Gasteiger partial charge in [-0.25, -0.2) is 8.42 Å². The van der Waals surface area contributed by atoms with Gasteiger partial charge in [-0.2, -0.15) is 9.57 Å². The Balaban J connectivity index is 0.00000180. The molecule has 0 bridgehead atoms. The monoisotopic (exact) mass is 321 g/mol. The van der Waals surface area contributed by atoms with Gasteiger partial charge in [-0.1, -0.05) is 17.7 Å². The topological polar surface area (TPSA) is 87.2 Å². The van der Waals surface area contributed by atoms with Crippen molar-refractivity contribution in [3.8, 4) is 6.07 Å². The normalized spacial score (nSPS) is 19.7. The molecule has 1 aliphatic rings. The summed E-state index contributed by atoms with van der Waals surface area (Å²) in [6.45, 7) is 0.653. The molecule has 1 aliphatic heterocycles. The molecule has 1 heterocycles. The van der Waals surface area contributed by atoms with Gasteiger partial charge in [0.05, 0.1) is 10.6 Å². The fourth-order valence-corrected chi connectivity index (χ4v) is 3.89. The molecule has 1 atom stereocenters. The van der Waals surface area contributed by atoms with Gasteiger partial charge in [0.1, 0.15) is 11.0 Å². The summed E-state index contributed by atoms with van der Waals surface area (Å²) in [7, 11) is -3.69. The molecule has 0 unspecified atom stereocenters. The number of nitrogens with zero attached hydrogens (tertiary/aromatic N) is 2. The minimum absolute atomic E-state index is 0. The van der Waals surface area contributed by atoms with Gasteiger partial charge in [0.15, 0.2) is 0 Å². The lowest BCUT2D eigenvalue weighted by Gasteiger charge is -2.17. The van der Waals surface area contributed by atoms with Crippen LogP contribution in [0.15, 0.2) is 23.1 Å². The van der Waals surface area contributed by atoms with E-state index < -0.39 is 10.0 Å². The van der Waals surface area contributed by atoms with Crippen LogP contribution in [0.3, 0.4) is 0 Å². The Morgan fingerprint density at radius 3 is 2.68 bits per heavy atom. The average molecular weight is 322 g/mol. The highest BCUT2D eigenvalue weighted by Gasteiger charge is 2.32. The maximum absolute atomic E-state index is 12.4. The first kappa shape index (κ1) is 16.2. The standard InChI is InChI=1S/C11H12ClN3O2S.ClH/c12-10-2-1-3-11(9(10)6-13)18(16,17)15-5-4-8(14)7-15;/h1-3,8H,4-5,7,14H2;1H/t8-;/m1./s1. The molecular weight excluding hydrogens is 309 g/mol. The van der Waals surface area contributed by atoms with Crippen LogP contribution < -0.4 is 5.73 Å². The zero-order chi connectivity index (χ0) is 13.3. The van der Waals surface area contributed by atoms with E-state index in [-0.39, 0.29) is 40.5 Å². The minimum atomic E-state index is -3.69. The van der Waals surface area contributed by atoms with E-state index in [0.717, 1.165) is 0 Å². The van der Waals surface area contributed by atoms with Crippen LogP contribution >= 0.6 is 24.0 Å². The number of nitrogens with two attached hydrogens (primary N) is 1. The summed E-state index contributed by atoms with van der Waals surface area (Å²) >= 11 is 5.84. The molecule has 2 rings (SSSR count). The first-order valence-corrected chi connectivity index (χ1v) is 7.23. The zero-order valence-electron chi connectivity index (χ0n) is 9.91. The molecule has 0 aliphatic carbocycles. The largest absolute Gasteiger partial charge is 0.326 e. The Bertz CT molecular complexity index is 613. The number of nitriles is 1. The zero-order valence-corrected chi connectivity index (χ0v) is 12.3. The summed E-state index contributed by atoms with van der Waals surface area (Å²) in [5.74, 6) is 0. The average Bonchev–Trinajstić information content (AvgIpc) is 2.76. The van der Waals surface area contributed by atoms with Gasteiger partial charge in [-0.05, 0) is 18.6 Å². The van der Waals surface area contributed by atoms with Crippen molar-refractivity contribution in [1.82, 2.24) is 4.31 Å². The maximum Gasteiger partial charge on any atom is 0.244 e. The van der Waals surface area contributed by atoms with Crippen LogP contribution in [0.1, 0.15) is 12.0 Å². The van der Waals surface area contributed by atoms with Crippen LogP contribution in [0, 0.1) is 11.3 Å². The molecule has 104 valence electrons. The first-order valence-electron chi connectivity index (χ1n) is 5.41. The molecule has 0 spiro atoms. The summed E-state index contributed by atoms with van der Waals surface area (Å²) in [5, 5.41) is 9.16. The summed E-state index contributed by atoms with van der Waals surface area (Å²) in [6, 6.07) is 6.09. The van der Waals surface area contributed by atoms with E-state index in [0.29, 0.717) is 13.0 Å². The van der Waals surface area contributed by atoms with Crippen molar-refractivity contribution in [2.45, 2.75) is 17.4 Å². The van der Waals surface area contributed by atoms with Gasteiger partial charge >= 0.3 is 0 Å². The third-order valence-corrected chi connectivity index (χ3v) is 5.11. The third-order valence-electron chi connectivity index (χ3n) is 2.89. The number of halogens is 2. The molecule has 0 aromatic heterocycles. The molecule has 5 nitrogen and oxygen atoms in total. The minimum Gasteiger partial charge on any atom is -0.326 e. The van der Waals surface area contributed by atoms with E-state index in [1.54, 1.807) is 0 Å². The Kier molecular flexibility index (Phi) is 5.18. The number of benzene rings is 1. The van der Waals surface area contributed by atoms with Crippen LogP contribution in [-0.4, -0.2) is 31.9 Å². The SMILES string of the molecule is Cl.N#Cc1c(Cl)cccc1S(=O)(=O)N1CC[C@@H](N)C1. The summed E-state index contributed by atoms with van der Waals surface area (Å²) in [4.78, 5) is -0.0494. The van der Waals surface area contributed by atoms with E-state index in [2.05, 4.69) is 0 Å². The van der Waals surface area contributed by atoms with Crippen LogP contribution in [-0.2, 0) is 10.0 Å². The van der Waals surface area contributed by atoms with Crippen LogP contribution in [0.4, 0.5) is 0 Å². The van der Waals surface area contributed by atoms with E-state index in [4.69, 9.17) is 22.6 Å². The molecule has 8 heteroatoms. The number of rotatable bonds is 2. The Morgan fingerprint density at radius 1 is 1.47 bits per heavy atom. The fourth-order valence-electron chi connectivity index (χ4n) is 1.94. The van der Waals surface area contributed by atoms with E-state index in [1.165, 1.54) is 22.5 Å². The number of hydrogen-bond acceptors (Lipinski definition) is 4. The fraction of sp³-hybridized carbons (Fsp3) is 0.364. The van der Waals surface area contributed by atoms with Crippen molar-refractivity contribution < 1.29 is 8.42 Å². The molecule has 0 amide bonds. The Morgan fingerprint density at radius 2 is 2.16 bits per heavy atom. The van der Waals surface area contributed by atoms with Gasteiger partial charge in [0, 0.05) is 19.1 Å². The Hall–Kier alpha value is -0.840. The summed E-state index contributed by atoms with van der Waals surface area (Å²) < 4.78 is 26.0. The van der Waals surface area contributed by atoms with E-state index in [9.17, 15) is 8.42 Å². The molecule has 0 saturated carbocycles. The molecule has 1 aromatic rings. The van der Waals surface area contributed by atoms with Gasteiger partial charge in [-0.3, -0.25) is 0 Å². The molecular formula is C11H13Cl2N3O2S. The van der Waals surface area contributed by atoms with Crippen molar-refractivity contribution in [3.63, 3.8) is 0 Å². The predicted octanol–water partition coefficient (Wildman–Crippen LogP) is 1.36. The highest BCUT2D eigenvalue weighted by Crippen LogP contribution is 2.27. The molecule has 2 N–H and O–H groups in total. The van der Waals surface area contributed by atoms with Gasteiger partial charge in [0.25, 0.3) is 0 Å². The molecule has 1 fully saturated rings. The quantitative estimate of drug-likeness (QED) is 0.890. The highest BCUT2D eigenvalue weighted by molar-refractivity contribution is 7.89. The van der Waals surface area contributed by atoms with Crippen molar-refractivity contribution in [3.05, 3.63) is 28.8 Å². The number of hydrogen-bond donors (Lipinski definition) is 1. The van der Waals surface area contributed by atoms with Crippen molar-refractivity contribution in [1.29, 1.82) is 5.26 Å². The van der Waals surface area contributed by atoms with Gasteiger partial charge < -0.3 is 5.73 Å². The third kappa shape index (κ3) is 3.02. The molecule has 1 saturated heterocycles. The highest BCUT2D eigenvalue weighted by atomic mass is 35.5. The second kappa shape index (κ2) is 6.07. The molecule has 19 heavy (non-hydrogen) atoms. The second-order valence-electron chi connectivity index (χ2n) is 4.14. The van der Waals surface area contributed by atoms with Gasteiger partial charge in [0.2, 0.25) is 10.0 Å². The lowest BCUT2D eigenvalue weighted by molar-refractivity contribution is 0.472. The summed E-state index contributed by atoms with van der Waals surface area (Å²) in [6.07, 6.45) is 0.627. The molecule has 1 aromatic carbocycles. The first-order chi connectivity index (χ1) is 8.46. The lowest BCUT2D eigenvalue weighted by atomic mass is 10.2.